The molecule has 0 spiro atoms. The van der Waals surface area contributed by atoms with Crippen LogP contribution in [0.3, 0.4) is 0 Å². The molecule has 0 bridgehead atoms. The predicted molar refractivity (Wildman–Crippen MR) is 122 cm³/mol. The van der Waals surface area contributed by atoms with E-state index in [1.807, 2.05) is 36.4 Å². The summed E-state index contributed by atoms with van der Waals surface area (Å²) in [5, 5.41) is 12.6. The van der Waals surface area contributed by atoms with E-state index in [1.54, 1.807) is 53.6 Å². The molecule has 4 aromatic rings. The smallest absolute Gasteiger partial charge is 0.259 e. The highest BCUT2D eigenvalue weighted by Gasteiger charge is 2.19. The number of aromatic nitrogens is 3. The summed E-state index contributed by atoms with van der Waals surface area (Å²) in [4.78, 5) is 17.2. The molecule has 0 saturated heterocycles. The number of anilines is 1. The van der Waals surface area contributed by atoms with Gasteiger partial charge in [-0.15, -0.1) is 0 Å². The van der Waals surface area contributed by atoms with Gasteiger partial charge in [0.05, 0.1) is 17.9 Å². The van der Waals surface area contributed by atoms with E-state index in [2.05, 4.69) is 15.4 Å². The van der Waals surface area contributed by atoms with Gasteiger partial charge in [0.25, 0.3) is 5.91 Å². The second-order valence-electron chi connectivity index (χ2n) is 7.27. The van der Waals surface area contributed by atoms with Gasteiger partial charge in [-0.2, -0.15) is 5.10 Å². The van der Waals surface area contributed by atoms with Gasteiger partial charge >= 0.3 is 0 Å². The van der Waals surface area contributed by atoms with Gasteiger partial charge in [-0.25, -0.2) is 13.6 Å². The molecular formula is C23H21N5O3S. The zero-order valence-electron chi connectivity index (χ0n) is 17.0. The van der Waals surface area contributed by atoms with Crippen molar-refractivity contribution in [2.75, 3.05) is 5.32 Å². The normalized spacial score (nSPS) is 11.3. The predicted octanol–water partition coefficient (Wildman–Crippen LogP) is 3.03. The first kappa shape index (κ1) is 21.4. The minimum absolute atomic E-state index is 0.265. The maximum Gasteiger partial charge on any atom is 0.259 e. The summed E-state index contributed by atoms with van der Waals surface area (Å²) >= 11 is 0. The fourth-order valence-electron chi connectivity index (χ4n) is 3.27. The van der Waals surface area contributed by atoms with Gasteiger partial charge in [-0.3, -0.25) is 14.5 Å². The van der Waals surface area contributed by atoms with Crippen LogP contribution in [0.15, 0.2) is 85.3 Å². The van der Waals surface area contributed by atoms with E-state index >= 15 is 0 Å². The third kappa shape index (κ3) is 5.45. The van der Waals surface area contributed by atoms with Crippen LogP contribution in [0.5, 0.6) is 0 Å². The molecule has 4 rings (SSSR count). The van der Waals surface area contributed by atoms with Crippen molar-refractivity contribution in [1.29, 1.82) is 0 Å². The summed E-state index contributed by atoms with van der Waals surface area (Å²) in [7, 11) is -3.62. The van der Waals surface area contributed by atoms with Crippen LogP contribution in [0.1, 0.15) is 21.5 Å². The number of benzene rings is 2. The highest BCUT2D eigenvalue weighted by atomic mass is 32.2. The Kier molecular flexibility index (Phi) is 6.11. The van der Waals surface area contributed by atoms with Crippen molar-refractivity contribution in [3.05, 3.63) is 102 Å². The van der Waals surface area contributed by atoms with E-state index < -0.39 is 10.0 Å². The summed E-state index contributed by atoms with van der Waals surface area (Å²) in [6, 6.07) is 20.0. The quantitative estimate of drug-likeness (QED) is 0.451. The van der Waals surface area contributed by atoms with Crippen LogP contribution in [0, 0.1) is 0 Å². The average Bonchev–Trinajstić information content (AvgIpc) is 3.19. The maximum absolute atomic E-state index is 13.1. The molecule has 0 unspecified atom stereocenters. The van der Waals surface area contributed by atoms with Gasteiger partial charge in [-0.1, -0.05) is 42.5 Å². The number of carbonyl (C=O) groups is 1. The summed E-state index contributed by atoms with van der Waals surface area (Å²) in [6.07, 6.45) is 5.03. The number of nitrogens with one attached hydrogen (secondary N) is 1. The fourth-order valence-corrected chi connectivity index (χ4v) is 3.93. The van der Waals surface area contributed by atoms with Crippen LogP contribution < -0.4 is 10.5 Å². The largest absolute Gasteiger partial charge is 0.322 e. The molecule has 0 radical (unpaired) electrons. The van der Waals surface area contributed by atoms with Crippen molar-refractivity contribution in [3.63, 3.8) is 0 Å². The monoisotopic (exact) mass is 447 g/mol. The Hall–Kier alpha value is -3.82. The minimum Gasteiger partial charge on any atom is -0.322 e. The number of amides is 1. The Labute approximate surface area is 185 Å². The van der Waals surface area contributed by atoms with Gasteiger partial charge < -0.3 is 5.32 Å². The minimum atomic E-state index is -3.62. The summed E-state index contributed by atoms with van der Waals surface area (Å²) in [6.45, 7) is 0.518. The second-order valence-corrected chi connectivity index (χ2v) is 8.89. The molecule has 1 amide bonds. The Morgan fingerprint density at radius 3 is 2.38 bits per heavy atom. The molecule has 0 aliphatic heterocycles. The summed E-state index contributed by atoms with van der Waals surface area (Å²) < 4.78 is 24.2. The first-order valence-electron chi connectivity index (χ1n) is 9.80. The Morgan fingerprint density at radius 1 is 0.969 bits per heavy atom. The standard InChI is InChI=1S/C23H21N5O3S/c24-32(30,31)16-18-8-10-20(11-9-18)26-23(29)21-15-28(14-17-5-2-1-3-6-17)27-22(21)19-7-4-12-25-13-19/h1-13,15H,14,16H2,(H,26,29)(H2,24,30,31). The van der Waals surface area contributed by atoms with E-state index in [9.17, 15) is 13.2 Å². The molecule has 3 N–H and O–H groups in total. The number of carbonyl (C=O) groups excluding carboxylic acids is 1. The highest BCUT2D eigenvalue weighted by Crippen LogP contribution is 2.23. The maximum atomic E-state index is 13.1. The second kappa shape index (κ2) is 9.13. The van der Waals surface area contributed by atoms with Crippen molar-refractivity contribution < 1.29 is 13.2 Å². The number of nitrogens with two attached hydrogens (primary N) is 1. The first-order chi connectivity index (χ1) is 15.4. The number of pyridine rings is 1. The molecule has 2 aromatic carbocycles. The van der Waals surface area contributed by atoms with E-state index in [0.29, 0.717) is 29.1 Å². The summed E-state index contributed by atoms with van der Waals surface area (Å²) in [5.41, 5.74) is 3.79. The van der Waals surface area contributed by atoms with Crippen LogP contribution in [0.2, 0.25) is 0 Å². The lowest BCUT2D eigenvalue weighted by atomic mass is 10.1. The van der Waals surface area contributed by atoms with Gasteiger partial charge in [0.1, 0.15) is 5.69 Å². The van der Waals surface area contributed by atoms with Crippen molar-refractivity contribution in [2.24, 2.45) is 5.14 Å². The van der Waals surface area contributed by atoms with Gasteiger partial charge in [0, 0.05) is 29.8 Å². The third-order valence-electron chi connectivity index (χ3n) is 4.71. The number of sulfonamides is 1. The molecule has 2 heterocycles. The zero-order valence-corrected chi connectivity index (χ0v) is 17.9. The number of primary sulfonamides is 1. The number of hydrogen-bond acceptors (Lipinski definition) is 5. The van der Waals surface area contributed by atoms with Crippen molar-refractivity contribution in [3.8, 4) is 11.3 Å². The van der Waals surface area contributed by atoms with E-state index in [-0.39, 0.29) is 11.7 Å². The summed E-state index contributed by atoms with van der Waals surface area (Å²) in [5.74, 6) is -0.596. The van der Waals surface area contributed by atoms with Crippen molar-refractivity contribution in [1.82, 2.24) is 14.8 Å². The van der Waals surface area contributed by atoms with Crippen molar-refractivity contribution >= 4 is 21.6 Å². The van der Waals surface area contributed by atoms with Gasteiger partial charge in [0.2, 0.25) is 10.0 Å². The topological polar surface area (TPSA) is 120 Å². The van der Waals surface area contributed by atoms with Crippen LogP contribution in [-0.4, -0.2) is 29.1 Å². The molecule has 2 aromatic heterocycles. The molecule has 8 nitrogen and oxygen atoms in total. The molecule has 0 saturated carbocycles. The van der Waals surface area contributed by atoms with Crippen LogP contribution >= 0.6 is 0 Å². The van der Waals surface area contributed by atoms with E-state index in [4.69, 9.17) is 5.14 Å². The fraction of sp³-hybridized carbons (Fsp3) is 0.0870. The molecule has 9 heteroatoms. The van der Waals surface area contributed by atoms with Crippen LogP contribution in [-0.2, 0) is 22.3 Å². The third-order valence-corrected chi connectivity index (χ3v) is 5.44. The first-order valence-corrected chi connectivity index (χ1v) is 11.5. The van der Waals surface area contributed by atoms with Gasteiger partial charge in [-0.05, 0) is 35.4 Å². The molecule has 32 heavy (non-hydrogen) atoms. The van der Waals surface area contributed by atoms with Crippen LogP contribution in [0.25, 0.3) is 11.3 Å². The number of rotatable bonds is 7. The molecule has 0 atom stereocenters. The molecule has 0 fully saturated rings. The van der Waals surface area contributed by atoms with Gasteiger partial charge in [0.15, 0.2) is 0 Å². The van der Waals surface area contributed by atoms with E-state index in [1.165, 1.54) is 0 Å². The zero-order chi connectivity index (χ0) is 22.6. The molecule has 0 aliphatic carbocycles. The lowest BCUT2D eigenvalue weighted by molar-refractivity contribution is 0.102. The van der Waals surface area contributed by atoms with Crippen LogP contribution in [0.4, 0.5) is 5.69 Å². The SMILES string of the molecule is NS(=O)(=O)Cc1ccc(NC(=O)c2cn(Cc3ccccc3)nc2-c2cccnc2)cc1. The average molecular weight is 448 g/mol. The highest BCUT2D eigenvalue weighted by molar-refractivity contribution is 7.88. The Morgan fingerprint density at radius 2 is 1.72 bits per heavy atom. The Balaban J connectivity index is 1.60. The molecule has 162 valence electrons. The lowest BCUT2D eigenvalue weighted by Gasteiger charge is -2.06. The Bertz CT molecular complexity index is 1320. The molecule has 0 aliphatic rings. The number of nitrogens with zero attached hydrogens (tertiary/aromatic N) is 3. The molecular weight excluding hydrogens is 426 g/mol. The van der Waals surface area contributed by atoms with Crippen molar-refractivity contribution in [2.45, 2.75) is 12.3 Å². The van der Waals surface area contributed by atoms with E-state index in [0.717, 1.165) is 11.1 Å². The lowest BCUT2D eigenvalue weighted by Crippen LogP contribution is -2.15. The number of hydrogen-bond donors (Lipinski definition) is 2.